The third kappa shape index (κ3) is 5.47. The number of aromatic nitrogens is 2. The number of likely N-dealkylation sites (N-methyl/N-ethyl adjacent to an activating group) is 1. The van der Waals surface area contributed by atoms with E-state index in [1.165, 1.54) is 11.3 Å². The fraction of sp³-hybridized carbons (Fsp3) is 0.286. The molecule has 1 aliphatic heterocycles. The summed E-state index contributed by atoms with van der Waals surface area (Å²) in [6.45, 7) is 6.66. The number of anilines is 1. The number of nitrogens with one attached hydrogen (secondary N) is 1. The molecule has 2 aromatic carbocycles. The summed E-state index contributed by atoms with van der Waals surface area (Å²) < 4.78 is 11.0. The molecule has 0 spiro atoms. The van der Waals surface area contributed by atoms with E-state index in [1.54, 1.807) is 0 Å². The summed E-state index contributed by atoms with van der Waals surface area (Å²) in [6, 6.07) is 15.2. The highest BCUT2D eigenvalue weighted by molar-refractivity contribution is 7.14. The monoisotopic (exact) mass is 516 g/mol. The zero-order chi connectivity index (χ0) is 25.8. The number of hydrogen-bond acceptors (Lipinski definition) is 8. The summed E-state index contributed by atoms with van der Waals surface area (Å²) in [7, 11) is 0. The summed E-state index contributed by atoms with van der Waals surface area (Å²) >= 11 is 1.31. The van der Waals surface area contributed by atoms with Gasteiger partial charge < -0.3 is 9.47 Å². The number of nitrogens with zero attached hydrogens (tertiary/aromatic N) is 3. The van der Waals surface area contributed by atoms with Crippen molar-refractivity contribution in [1.29, 1.82) is 0 Å². The Morgan fingerprint density at radius 2 is 1.89 bits per heavy atom. The molecule has 2 aromatic heterocycles. The molecule has 0 saturated heterocycles. The van der Waals surface area contributed by atoms with Crippen molar-refractivity contribution < 1.29 is 19.1 Å². The largest absolute Gasteiger partial charge is 0.494 e. The van der Waals surface area contributed by atoms with E-state index in [1.807, 2.05) is 60.8 Å². The van der Waals surface area contributed by atoms with Gasteiger partial charge in [-0.3, -0.25) is 20.0 Å². The maximum absolute atomic E-state index is 13.3. The lowest BCUT2D eigenvalue weighted by Crippen LogP contribution is -2.32. The van der Waals surface area contributed by atoms with Crippen LogP contribution >= 0.6 is 11.3 Å². The molecule has 0 atom stereocenters. The van der Waals surface area contributed by atoms with E-state index in [2.05, 4.69) is 22.1 Å². The van der Waals surface area contributed by atoms with Gasteiger partial charge in [-0.25, -0.2) is 9.78 Å². The second kappa shape index (κ2) is 11.1. The quantitative estimate of drug-likeness (QED) is 0.332. The number of thiazole rings is 1. The molecule has 0 bridgehead atoms. The minimum Gasteiger partial charge on any atom is -0.494 e. The number of carbonyl (C=O) groups is 2. The number of amides is 1. The standard InChI is InChI=1S/C28H28N4O4S/c1-3-32-14-13-23-21(15-32)26(20-7-5-6-8-22(20)29-23)27(34)36-16-25(33)31-28-30-24(17-37-28)18-9-11-19(12-10-18)35-4-2/h5-12,17H,3-4,13-16H2,1-2H3,(H,30,31,33). The van der Waals surface area contributed by atoms with E-state index in [0.717, 1.165) is 58.7 Å². The smallest absolute Gasteiger partial charge is 0.339 e. The number of hydrogen-bond donors (Lipinski definition) is 1. The first-order chi connectivity index (χ1) is 18.1. The van der Waals surface area contributed by atoms with Crippen LogP contribution in [0, 0.1) is 0 Å². The minimum atomic E-state index is -0.517. The van der Waals surface area contributed by atoms with Crippen molar-refractivity contribution in [2.24, 2.45) is 0 Å². The van der Waals surface area contributed by atoms with Crippen molar-refractivity contribution >= 4 is 39.2 Å². The van der Waals surface area contributed by atoms with Gasteiger partial charge in [0.1, 0.15) is 5.75 Å². The van der Waals surface area contributed by atoms with Crippen molar-refractivity contribution in [3.05, 3.63) is 70.7 Å². The van der Waals surface area contributed by atoms with Gasteiger partial charge in [-0.1, -0.05) is 25.1 Å². The second-order valence-electron chi connectivity index (χ2n) is 8.67. The molecule has 3 heterocycles. The van der Waals surface area contributed by atoms with E-state index in [0.29, 0.717) is 23.8 Å². The van der Waals surface area contributed by atoms with Crippen LogP contribution in [0.1, 0.15) is 35.5 Å². The van der Waals surface area contributed by atoms with Crippen LogP contribution in [-0.2, 0) is 22.5 Å². The van der Waals surface area contributed by atoms with Gasteiger partial charge in [0.2, 0.25) is 0 Å². The third-order valence-electron chi connectivity index (χ3n) is 6.32. The number of pyridine rings is 1. The van der Waals surface area contributed by atoms with Gasteiger partial charge in [0.05, 0.1) is 23.4 Å². The molecule has 1 N–H and O–H groups in total. The first kappa shape index (κ1) is 24.9. The second-order valence-corrected chi connectivity index (χ2v) is 9.53. The predicted octanol–water partition coefficient (Wildman–Crippen LogP) is 4.93. The first-order valence-corrected chi connectivity index (χ1v) is 13.2. The molecule has 0 fully saturated rings. The Hall–Kier alpha value is -3.82. The number of esters is 1. The van der Waals surface area contributed by atoms with Crippen LogP contribution in [0.25, 0.3) is 22.2 Å². The molecular weight excluding hydrogens is 488 g/mol. The van der Waals surface area contributed by atoms with Crippen LogP contribution in [0.3, 0.4) is 0 Å². The summed E-state index contributed by atoms with van der Waals surface area (Å²) in [6.07, 6.45) is 0.773. The van der Waals surface area contributed by atoms with E-state index in [4.69, 9.17) is 14.5 Å². The van der Waals surface area contributed by atoms with Gasteiger partial charge >= 0.3 is 5.97 Å². The Bertz CT molecular complexity index is 1430. The summed E-state index contributed by atoms with van der Waals surface area (Å²) in [5.41, 5.74) is 4.73. The predicted molar refractivity (Wildman–Crippen MR) is 144 cm³/mol. The van der Waals surface area contributed by atoms with Crippen molar-refractivity contribution in [2.45, 2.75) is 26.8 Å². The van der Waals surface area contributed by atoms with Crippen molar-refractivity contribution in [3.63, 3.8) is 0 Å². The van der Waals surface area contributed by atoms with Crippen LogP contribution in [0.4, 0.5) is 5.13 Å². The lowest BCUT2D eigenvalue weighted by atomic mass is 9.96. The van der Waals surface area contributed by atoms with Crippen molar-refractivity contribution in [2.75, 3.05) is 31.6 Å². The van der Waals surface area contributed by atoms with Gasteiger partial charge in [0, 0.05) is 47.1 Å². The Labute approximate surface area is 219 Å². The number of fused-ring (bicyclic) bond motifs is 2. The van der Waals surface area contributed by atoms with Crippen LogP contribution in [0.5, 0.6) is 5.75 Å². The molecule has 1 amide bonds. The lowest BCUT2D eigenvalue weighted by Gasteiger charge is -2.28. The molecule has 0 aliphatic carbocycles. The molecule has 9 heteroatoms. The zero-order valence-corrected chi connectivity index (χ0v) is 21.6. The number of benzene rings is 2. The third-order valence-corrected chi connectivity index (χ3v) is 7.08. The Morgan fingerprint density at radius 3 is 2.68 bits per heavy atom. The summed E-state index contributed by atoms with van der Waals surface area (Å²) in [4.78, 5) is 37.4. The van der Waals surface area contributed by atoms with Gasteiger partial charge in [0.25, 0.3) is 5.91 Å². The molecule has 1 aliphatic rings. The molecule has 0 unspecified atom stereocenters. The van der Waals surface area contributed by atoms with Crippen LogP contribution in [-0.4, -0.2) is 53.0 Å². The number of carbonyl (C=O) groups excluding carboxylic acids is 2. The van der Waals surface area contributed by atoms with Crippen LogP contribution in [0.15, 0.2) is 53.9 Å². The molecular formula is C28H28N4O4S. The van der Waals surface area contributed by atoms with Gasteiger partial charge in [0.15, 0.2) is 11.7 Å². The van der Waals surface area contributed by atoms with E-state index in [9.17, 15) is 9.59 Å². The normalized spacial score (nSPS) is 13.2. The highest BCUT2D eigenvalue weighted by Crippen LogP contribution is 2.29. The molecule has 0 saturated carbocycles. The van der Waals surface area contributed by atoms with Crippen molar-refractivity contribution in [1.82, 2.24) is 14.9 Å². The van der Waals surface area contributed by atoms with E-state index in [-0.39, 0.29) is 0 Å². The molecule has 0 radical (unpaired) electrons. The van der Waals surface area contributed by atoms with Gasteiger partial charge in [-0.05, 0) is 43.8 Å². The van der Waals surface area contributed by atoms with Gasteiger partial charge in [-0.15, -0.1) is 11.3 Å². The Balaban J connectivity index is 1.27. The molecule has 37 heavy (non-hydrogen) atoms. The Kier molecular flexibility index (Phi) is 7.43. The first-order valence-electron chi connectivity index (χ1n) is 12.3. The lowest BCUT2D eigenvalue weighted by molar-refractivity contribution is -0.119. The van der Waals surface area contributed by atoms with E-state index < -0.39 is 18.5 Å². The highest BCUT2D eigenvalue weighted by atomic mass is 32.1. The average molecular weight is 517 g/mol. The molecule has 8 nitrogen and oxygen atoms in total. The van der Waals surface area contributed by atoms with Crippen LogP contribution in [0.2, 0.25) is 0 Å². The maximum atomic E-state index is 13.3. The Morgan fingerprint density at radius 1 is 1.08 bits per heavy atom. The van der Waals surface area contributed by atoms with Crippen LogP contribution < -0.4 is 10.1 Å². The average Bonchev–Trinajstić information content (AvgIpc) is 3.39. The number of rotatable bonds is 8. The fourth-order valence-electron chi connectivity index (χ4n) is 4.46. The summed E-state index contributed by atoms with van der Waals surface area (Å²) in [5.74, 6) is -0.164. The number of ether oxygens (including phenoxy) is 2. The highest BCUT2D eigenvalue weighted by Gasteiger charge is 2.26. The minimum absolute atomic E-state index is 0.403. The fourth-order valence-corrected chi connectivity index (χ4v) is 5.20. The topological polar surface area (TPSA) is 93.6 Å². The van der Waals surface area contributed by atoms with Gasteiger partial charge in [-0.2, -0.15) is 0 Å². The van der Waals surface area contributed by atoms with E-state index >= 15 is 0 Å². The SMILES string of the molecule is CCOc1ccc(-c2csc(NC(=O)COC(=O)c3c4c(nc5ccccc35)CCN(CC)C4)n2)cc1. The summed E-state index contributed by atoms with van der Waals surface area (Å²) in [5, 5.41) is 5.78. The number of para-hydroxylation sites is 1. The molecule has 190 valence electrons. The zero-order valence-electron chi connectivity index (χ0n) is 20.8. The maximum Gasteiger partial charge on any atom is 0.339 e. The molecule has 5 rings (SSSR count). The molecule has 4 aromatic rings. The van der Waals surface area contributed by atoms with Crippen molar-refractivity contribution in [3.8, 4) is 17.0 Å².